The molecule has 1 aliphatic heterocycles. The lowest BCUT2D eigenvalue weighted by Crippen LogP contribution is -2.38. The van der Waals surface area contributed by atoms with E-state index >= 15 is 0 Å². The van der Waals surface area contributed by atoms with E-state index in [9.17, 15) is 0 Å². The Hall–Kier alpha value is -2.48. The van der Waals surface area contributed by atoms with Gasteiger partial charge in [-0.3, -0.25) is 4.90 Å². The Morgan fingerprint density at radius 1 is 1.28 bits per heavy atom. The first-order valence-corrected chi connectivity index (χ1v) is 10.6. The molecule has 1 aromatic carbocycles. The average Bonchev–Trinajstić information content (AvgIpc) is 3.14. The van der Waals surface area contributed by atoms with Crippen LogP contribution >= 0.6 is 11.3 Å². The maximum atomic E-state index is 6.04. The third kappa shape index (κ3) is 4.93. The van der Waals surface area contributed by atoms with Crippen LogP contribution in [0.2, 0.25) is 0 Å². The second kappa shape index (κ2) is 8.90. The molecule has 6 nitrogen and oxygen atoms in total. The van der Waals surface area contributed by atoms with Crippen LogP contribution in [0, 0.1) is 13.8 Å². The first-order chi connectivity index (χ1) is 14.1. The number of benzene rings is 1. The van der Waals surface area contributed by atoms with Gasteiger partial charge in [0.25, 0.3) is 0 Å². The minimum atomic E-state index is -0.0556. The van der Waals surface area contributed by atoms with E-state index in [2.05, 4.69) is 40.3 Å². The highest BCUT2D eigenvalue weighted by Gasteiger charge is 2.24. The molecule has 1 fully saturated rings. The van der Waals surface area contributed by atoms with E-state index in [4.69, 9.17) is 14.5 Å². The van der Waals surface area contributed by atoms with Crippen molar-refractivity contribution in [1.29, 1.82) is 0 Å². The summed E-state index contributed by atoms with van der Waals surface area (Å²) in [5.74, 6) is 1.73. The zero-order chi connectivity index (χ0) is 20.2. The van der Waals surface area contributed by atoms with Crippen LogP contribution in [0.1, 0.15) is 27.8 Å². The largest absolute Gasteiger partial charge is 0.496 e. The number of pyridine rings is 1. The summed E-state index contributed by atoms with van der Waals surface area (Å²) in [6.45, 7) is 7.33. The van der Waals surface area contributed by atoms with Crippen LogP contribution in [-0.4, -0.2) is 41.7 Å². The summed E-state index contributed by atoms with van der Waals surface area (Å²) in [4.78, 5) is 12.7. The summed E-state index contributed by atoms with van der Waals surface area (Å²) in [5.41, 5.74) is 3.33. The van der Waals surface area contributed by atoms with E-state index in [1.165, 1.54) is 16.0 Å². The maximum absolute atomic E-state index is 6.04. The zero-order valence-electron chi connectivity index (χ0n) is 17.0. The van der Waals surface area contributed by atoms with Crippen LogP contribution in [0.5, 0.6) is 5.75 Å². The standard InChI is InChI=1S/C22H26N4O2S/c1-15-7-8-17(19(11-15)27-3)13-26-9-10-28-20(14-26)18-5-4-6-21(24-18)25-22-23-12-16(2)29-22/h4-8,11-12,20H,9-10,13-14H2,1-3H3,(H,23,24,25). The monoisotopic (exact) mass is 410 g/mol. The molecule has 2 aromatic heterocycles. The quantitative estimate of drug-likeness (QED) is 0.647. The molecule has 1 saturated heterocycles. The maximum Gasteiger partial charge on any atom is 0.188 e. The van der Waals surface area contributed by atoms with Gasteiger partial charge in [-0.05, 0) is 37.6 Å². The molecule has 7 heteroatoms. The Kier molecular flexibility index (Phi) is 6.08. The minimum absolute atomic E-state index is 0.0556. The van der Waals surface area contributed by atoms with Gasteiger partial charge in [-0.2, -0.15) is 0 Å². The molecule has 0 amide bonds. The first kappa shape index (κ1) is 19.8. The third-order valence-electron chi connectivity index (χ3n) is 4.94. The lowest BCUT2D eigenvalue weighted by molar-refractivity contribution is -0.0350. The molecular formula is C22H26N4O2S. The molecule has 0 radical (unpaired) electrons. The fourth-order valence-electron chi connectivity index (χ4n) is 3.47. The summed E-state index contributed by atoms with van der Waals surface area (Å²) in [6, 6.07) is 12.4. The Morgan fingerprint density at radius 3 is 2.97 bits per heavy atom. The van der Waals surface area contributed by atoms with Gasteiger partial charge >= 0.3 is 0 Å². The van der Waals surface area contributed by atoms with Gasteiger partial charge in [0.2, 0.25) is 0 Å². The Balaban J connectivity index is 1.45. The second-order valence-electron chi connectivity index (χ2n) is 7.26. The van der Waals surface area contributed by atoms with E-state index in [0.29, 0.717) is 6.61 Å². The number of aryl methyl sites for hydroxylation is 2. The van der Waals surface area contributed by atoms with E-state index < -0.39 is 0 Å². The molecule has 0 saturated carbocycles. The van der Waals surface area contributed by atoms with Crippen molar-refractivity contribution in [3.05, 3.63) is 64.3 Å². The van der Waals surface area contributed by atoms with Gasteiger partial charge in [-0.25, -0.2) is 9.97 Å². The Labute approximate surface area is 175 Å². The van der Waals surface area contributed by atoms with E-state index in [-0.39, 0.29) is 6.10 Å². The number of nitrogens with zero attached hydrogens (tertiary/aromatic N) is 3. The van der Waals surface area contributed by atoms with Crippen LogP contribution in [0.15, 0.2) is 42.6 Å². The molecule has 1 atom stereocenters. The number of anilines is 2. The van der Waals surface area contributed by atoms with Crippen molar-refractivity contribution in [3.63, 3.8) is 0 Å². The van der Waals surface area contributed by atoms with E-state index in [1.807, 2.05) is 31.3 Å². The van der Waals surface area contributed by atoms with Crippen LogP contribution in [0.25, 0.3) is 0 Å². The molecule has 0 bridgehead atoms. The van der Waals surface area contributed by atoms with E-state index in [0.717, 1.165) is 42.0 Å². The number of morpholine rings is 1. The predicted octanol–water partition coefficient (Wildman–Crippen LogP) is 4.48. The fraction of sp³-hybridized carbons (Fsp3) is 0.364. The number of hydrogen-bond acceptors (Lipinski definition) is 7. The number of ether oxygens (including phenoxy) is 2. The number of nitrogens with one attached hydrogen (secondary N) is 1. The van der Waals surface area contributed by atoms with Crippen molar-refractivity contribution in [2.45, 2.75) is 26.5 Å². The summed E-state index contributed by atoms with van der Waals surface area (Å²) in [5, 5.41) is 4.14. The van der Waals surface area contributed by atoms with Gasteiger partial charge < -0.3 is 14.8 Å². The molecule has 1 unspecified atom stereocenters. The minimum Gasteiger partial charge on any atom is -0.496 e. The Morgan fingerprint density at radius 2 is 2.17 bits per heavy atom. The molecular weight excluding hydrogens is 384 g/mol. The van der Waals surface area contributed by atoms with Crippen LogP contribution < -0.4 is 10.1 Å². The normalized spacial score (nSPS) is 17.3. The summed E-state index contributed by atoms with van der Waals surface area (Å²) >= 11 is 1.62. The number of hydrogen-bond donors (Lipinski definition) is 1. The molecule has 3 aromatic rings. The molecule has 0 aliphatic carbocycles. The topological polar surface area (TPSA) is 59.5 Å². The Bertz CT molecular complexity index is 975. The molecule has 1 N–H and O–H groups in total. The van der Waals surface area contributed by atoms with Crippen LogP contribution in [0.4, 0.5) is 10.9 Å². The van der Waals surface area contributed by atoms with Gasteiger partial charge in [-0.15, -0.1) is 11.3 Å². The highest BCUT2D eigenvalue weighted by atomic mass is 32.1. The molecule has 4 rings (SSSR count). The number of aromatic nitrogens is 2. The highest BCUT2D eigenvalue weighted by Crippen LogP contribution is 2.27. The highest BCUT2D eigenvalue weighted by molar-refractivity contribution is 7.15. The van der Waals surface area contributed by atoms with Crippen molar-refractivity contribution in [1.82, 2.24) is 14.9 Å². The van der Waals surface area contributed by atoms with Gasteiger partial charge in [0.1, 0.15) is 17.7 Å². The van der Waals surface area contributed by atoms with Crippen molar-refractivity contribution >= 4 is 22.3 Å². The van der Waals surface area contributed by atoms with Crippen molar-refractivity contribution in [2.24, 2.45) is 0 Å². The lowest BCUT2D eigenvalue weighted by Gasteiger charge is -2.33. The van der Waals surface area contributed by atoms with Crippen LogP contribution in [-0.2, 0) is 11.3 Å². The van der Waals surface area contributed by atoms with Crippen molar-refractivity contribution in [3.8, 4) is 5.75 Å². The number of methoxy groups -OCH3 is 1. The van der Waals surface area contributed by atoms with Crippen LogP contribution in [0.3, 0.4) is 0 Å². The second-order valence-corrected chi connectivity index (χ2v) is 8.49. The van der Waals surface area contributed by atoms with Crippen molar-refractivity contribution in [2.75, 3.05) is 32.1 Å². The molecule has 152 valence electrons. The summed E-state index contributed by atoms with van der Waals surface area (Å²) < 4.78 is 11.6. The van der Waals surface area contributed by atoms with Gasteiger partial charge in [0, 0.05) is 36.3 Å². The fourth-order valence-corrected chi connectivity index (χ4v) is 4.14. The van der Waals surface area contributed by atoms with E-state index in [1.54, 1.807) is 18.4 Å². The summed E-state index contributed by atoms with van der Waals surface area (Å²) in [6.07, 6.45) is 1.80. The predicted molar refractivity (Wildman–Crippen MR) is 116 cm³/mol. The molecule has 29 heavy (non-hydrogen) atoms. The number of rotatable bonds is 6. The molecule has 1 aliphatic rings. The lowest BCUT2D eigenvalue weighted by atomic mass is 10.1. The SMILES string of the molecule is COc1cc(C)ccc1CN1CCOC(c2cccc(Nc3ncc(C)s3)n2)C1. The van der Waals surface area contributed by atoms with Gasteiger partial charge in [0.05, 0.1) is 19.4 Å². The summed E-state index contributed by atoms with van der Waals surface area (Å²) in [7, 11) is 1.73. The van der Waals surface area contributed by atoms with Gasteiger partial charge in [-0.1, -0.05) is 18.2 Å². The smallest absolute Gasteiger partial charge is 0.188 e. The van der Waals surface area contributed by atoms with Crippen molar-refractivity contribution < 1.29 is 9.47 Å². The molecule has 3 heterocycles. The molecule has 0 spiro atoms. The third-order valence-corrected chi connectivity index (χ3v) is 5.77. The number of thiazole rings is 1. The zero-order valence-corrected chi connectivity index (χ0v) is 17.8. The van der Waals surface area contributed by atoms with Gasteiger partial charge in [0.15, 0.2) is 5.13 Å². The average molecular weight is 411 g/mol. The first-order valence-electron chi connectivity index (χ1n) is 9.74.